The van der Waals surface area contributed by atoms with E-state index in [4.69, 9.17) is 4.74 Å². The van der Waals surface area contributed by atoms with Crippen LogP contribution in [-0.2, 0) is 4.79 Å². The molecule has 1 aliphatic carbocycles. The van der Waals surface area contributed by atoms with Gasteiger partial charge in [0.2, 0.25) is 11.9 Å². The lowest BCUT2D eigenvalue weighted by Gasteiger charge is -2.38. The molecule has 9 nitrogen and oxygen atoms in total. The van der Waals surface area contributed by atoms with E-state index >= 15 is 0 Å². The van der Waals surface area contributed by atoms with E-state index in [0.29, 0.717) is 18.5 Å². The summed E-state index contributed by atoms with van der Waals surface area (Å²) < 4.78 is 6.52. The van der Waals surface area contributed by atoms with Crippen LogP contribution in [0.1, 0.15) is 25.7 Å². The number of para-hydroxylation sites is 1. The number of carbonyl (C=O) groups is 1. The van der Waals surface area contributed by atoms with Crippen LogP contribution in [0, 0.1) is 0 Å². The predicted molar refractivity (Wildman–Crippen MR) is 148 cm³/mol. The molecule has 0 bridgehead atoms. The zero-order valence-electron chi connectivity index (χ0n) is 21.1. The second kappa shape index (κ2) is 11.0. The predicted octanol–water partition coefficient (Wildman–Crippen LogP) is 4.63. The van der Waals surface area contributed by atoms with Crippen LogP contribution in [0.2, 0.25) is 0 Å². The number of rotatable bonds is 7. The van der Waals surface area contributed by atoms with Crippen molar-refractivity contribution in [2.24, 2.45) is 0 Å². The van der Waals surface area contributed by atoms with Crippen molar-refractivity contribution in [3.63, 3.8) is 0 Å². The van der Waals surface area contributed by atoms with Crippen LogP contribution in [0.25, 0.3) is 10.9 Å². The molecule has 1 saturated carbocycles. The third-order valence-electron chi connectivity index (χ3n) is 7.19. The Bertz CT molecular complexity index is 1410. The fourth-order valence-electron chi connectivity index (χ4n) is 5.28. The second-order valence-corrected chi connectivity index (χ2v) is 9.82. The number of piperazine rings is 1. The van der Waals surface area contributed by atoms with E-state index in [2.05, 4.69) is 47.9 Å². The monoisotopic (exact) mass is 509 g/mol. The number of carbonyl (C=O) groups excluding carboxylic acids is 1. The highest BCUT2D eigenvalue weighted by Gasteiger charge is 2.29. The molecule has 2 aromatic heterocycles. The van der Waals surface area contributed by atoms with Gasteiger partial charge in [0.05, 0.1) is 35.7 Å². The summed E-state index contributed by atoms with van der Waals surface area (Å²) in [6, 6.07) is 18.4. The molecule has 1 amide bonds. The number of hydrogen-bond donors (Lipinski definition) is 3. The summed E-state index contributed by atoms with van der Waals surface area (Å²) in [5.74, 6) is 1.40. The Labute approximate surface area is 221 Å². The Kier molecular flexibility index (Phi) is 6.99. The van der Waals surface area contributed by atoms with Gasteiger partial charge in [-0.1, -0.05) is 18.2 Å². The van der Waals surface area contributed by atoms with Gasteiger partial charge in [-0.25, -0.2) is 9.97 Å². The Morgan fingerprint density at radius 1 is 0.895 bits per heavy atom. The number of nitrogens with zero attached hydrogens (tertiary/aromatic N) is 4. The summed E-state index contributed by atoms with van der Waals surface area (Å²) >= 11 is 0. The molecule has 0 radical (unpaired) electrons. The number of amides is 1. The minimum absolute atomic E-state index is 0.116. The maximum absolute atomic E-state index is 11.8. The van der Waals surface area contributed by atoms with Gasteiger partial charge in [-0.3, -0.25) is 14.7 Å². The van der Waals surface area contributed by atoms with E-state index in [1.165, 1.54) is 0 Å². The zero-order chi connectivity index (χ0) is 25.7. The number of ether oxygens (including phenoxy) is 1. The Balaban J connectivity index is 1.17. The van der Waals surface area contributed by atoms with Crippen molar-refractivity contribution in [3.05, 3.63) is 73.2 Å². The van der Waals surface area contributed by atoms with Gasteiger partial charge in [0, 0.05) is 42.6 Å². The summed E-state index contributed by atoms with van der Waals surface area (Å²) in [5.41, 5.74) is 3.57. The van der Waals surface area contributed by atoms with Crippen LogP contribution in [0.5, 0.6) is 5.75 Å². The normalized spacial score (nSPS) is 20.1. The van der Waals surface area contributed by atoms with Crippen LogP contribution in [0.15, 0.2) is 73.2 Å². The SMILES string of the molecule is O=C1CN(C2CCC(Oc3ccc(Nc4cnc5ccccc5c4)cc3Nc3ncccn3)CC2)CCN1. The number of pyridine rings is 1. The minimum atomic E-state index is 0.116. The molecule has 3 heterocycles. The van der Waals surface area contributed by atoms with Gasteiger partial charge in [-0.15, -0.1) is 0 Å². The zero-order valence-corrected chi connectivity index (χ0v) is 21.1. The van der Waals surface area contributed by atoms with E-state index in [1.807, 2.05) is 42.6 Å². The Morgan fingerprint density at radius 2 is 1.74 bits per heavy atom. The van der Waals surface area contributed by atoms with Crippen molar-refractivity contribution in [2.45, 2.75) is 37.8 Å². The lowest BCUT2D eigenvalue weighted by atomic mass is 9.91. The van der Waals surface area contributed by atoms with E-state index < -0.39 is 0 Å². The Hall–Kier alpha value is -4.24. The van der Waals surface area contributed by atoms with Crippen molar-refractivity contribution in [2.75, 3.05) is 30.3 Å². The smallest absolute Gasteiger partial charge is 0.234 e. The summed E-state index contributed by atoms with van der Waals surface area (Å²) in [4.78, 5) is 27.3. The molecule has 2 aliphatic rings. The lowest BCUT2D eigenvalue weighted by Crippen LogP contribution is -2.52. The van der Waals surface area contributed by atoms with E-state index in [9.17, 15) is 4.79 Å². The van der Waals surface area contributed by atoms with Crippen molar-refractivity contribution in [1.82, 2.24) is 25.2 Å². The molecule has 3 N–H and O–H groups in total. The fourth-order valence-corrected chi connectivity index (χ4v) is 5.28. The van der Waals surface area contributed by atoms with Crippen LogP contribution >= 0.6 is 0 Å². The molecule has 2 fully saturated rings. The number of fused-ring (bicyclic) bond motifs is 1. The first kappa shape index (κ1) is 24.1. The molecule has 194 valence electrons. The van der Waals surface area contributed by atoms with Gasteiger partial charge < -0.3 is 20.7 Å². The average molecular weight is 510 g/mol. The summed E-state index contributed by atoms with van der Waals surface area (Å²) in [5, 5.41) is 10.8. The molecule has 4 aromatic rings. The molecular formula is C29H31N7O2. The van der Waals surface area contributed by atoms with Crippen LogP contribution in [0.3, 0.4) is 0 Å². The van der Waals surface area contributed by atoms with Crippen molar-refractivity contribution < 1.29 is 9.53 Å². The fraction of sp³-hybridized carbons (Fsp3) is 0.310. The molecule has 9 heteroatoms. The first-order chi connectivity index (χ1) is 18.7. The molecule has 6 rings (SSSR count). The number of aromatic nitrogens is 3. The van der Waals surface area contributed by atoms with Gasteiger partial charge in [0.1, 0.15) is 5.75 Å². The standard InChI is InChI=1S/C29H31N7O2/c37-28-19-36(15-14-30-28)23-7-9-24(10-8-23)38-27-11-6-21(17-26(27)35-29-31-12-3-13-32-29)34-22-16-20-4-1-2-5-25(20)33-18-22/h1-6,11-13,16-18,23-24,34H,7-10,14-15,19H2,(H,30,37)(H,31,32,35). The summed E-state index contributed by atoms with van der Waals surface area (Å²) in [6.45, 7) is 2.16. The largest absolute Gasteiger partial charge is 0.488 e. The highest BCUT2D eigenvalue weighted by atomic mass is 16.5. The number of anilines is 4. The van der Waals surface area contributed by atoms with Gasteiger partial charge >= 0.3 is 0 Å². The van der Waals surface area contributed by atoms with Crippen molar-refractivity contribution in [3.8, 4) is 5.75 Å². The maximum Gasteiger partial charge on any atom is 0.234 e. The van der Waals surface area contributed by atoms with Crippen LogP contribution < -0.4 is 20.7 Å². The number of benzene rings is 2. The highest BCUT2D eigenvalue weighted by molar-refractivity contribution is 5.83. The number of hydrogen-bond acceptors (Lipinski definition) is 8. The van der Waals surface area contributed by atoms with E-state index in [1.54, 1.807) is 18.5 Å². The summed E-state index contributed by atoms with van der Waals surface area (Å²) in [6.07, 6.45) is 9.32. The van der Waals surface area contributed by atoms with Crippen molar-refractivity contribution >= 4 is 39.8 Å². The average Bonchev–Trinajstić information content (AvgIpc) is 2.95. The molecule has 2 aromatic carbocycles. The highest BCUT2D eigenvalue weighted by Crippen LogP contribution is 2.35. The maximum atomic E-state index is 11.8. The van der Waals surface area contributed by atoms with Crippen LogP contribution in [-0.4, -0.2) is 57.5 Å². The summed E-state index contributed by atoms with van der Waals surface area (Å²) in [7, 11) is 0. The van der Waals surface area contributed by atoms with Gasteiger partial charge in [-0.2, -0.15) is 0 Å². The van der Waals surface area contributed by atoms with Gasteiger partial charge in [0.15, 0.2) is 0 Å². The Morgan fingerprint density at radius 3 is 2.58 bits per heavy atom. The molecule has 0 spiro atoms. The second-order valence-electron chi connectivity index (χ2n) is 9.82. The van der Waals surface area contributed by atoms with Gasteiger partial charge in [0.25, 0.3) is 0 Å². The molecule has 1 saturated heterocycles. The quantitative estimate of drug-likeness (QED) is 0.331. The minimum Gasteiger partial charge on any atom is -0.488 e. The molecule has 0 atom stereocenters. The third kappa shape index (κ3) is 5.68. The number of nitrogens with one attached hydrogen (secondary N) is 3. The van der Waals surface area contributed by atoms with E-state index in [-0.39, 0.29) is 12.0 Å². The first-order valence-corrected chi connectivity index (χ1v) is 13.2. The van der Waals surface area contributed by atoms with Gasteiger partial charge in [-0.05, 0) is 62.1 Å². The van der Waals surface area contributed by atoms with E-state index in [0.717, 1.165) is 72.5 Å². The third-order valence-corrected chi connectivity index (χ3v) is 7.19. The van der Waals surface area contributed by atoms with Crippen LogP contribution in [0.4, 0.5) is 23.0 Å². The molecule has 38 heavy (non-hydrogen) atoms. The molecular weight excluding hydrogens is 478 g/mol. The topological polar surface area (TPSA) is 104 Å². The molecule has 0 unspecified atom stereocenters. The first-order valence-electron chi connectivity index (χ1n) is 13.2. The lowest BCUT2D eigenvalue weighted by molar-refractivity contribution is -0.125. The molecule has 1 aliphatic heterocycles. The van der Waals surface area contributed by atoms with Crippen molar-refractivity contribution in [1.29, 1.82) is 0 Å².